The Balaban J connectivity index is 1.30. The van der Waals surface area contributed by atoms with Gasteiger partial charge < -0.3 is 19.1 Å². The monoisotopic (exact) mass is 534 g/mol. The molecule has 2 aromatic rings. The number of halogens is 3. The van der Waals surface area contributed by atoms with E-state index in [1.807, 2.05) is 0 Å². The molecule has 38 heavy (non-hydrogen) atoms. The molecule has 0 saturated carbocycles. The van der Waals surface area contributed by atoms with Crippen molar-refractivity contribution in [2.24, 2.45) is 0 Å². The van der Waals surface area contributed by atoms with E-state index in [0.717, 1.165) is 44.5 Å². The molecule has 0 bridgehead atoms. The maximum absolute atomic E-state index is 13.6. The lowest BCUT2D eigenvalue weighted by Gasteiger charge is -2.49. The molecule has 3 saturated heterocycles. The third kappa shape index (κ3) is 5.64. The minimum atomic E-state index is -4.44. The van der Waals surface area contributed by atoms with Crippen LogP contribution < -0.4 is 4.74 Å². The summed E-state index contributed by atoms with van der Waals surface area (Å²) in [5.74, 6) is -0.210. The van der Waals surface area contributed by atoms with Gasteiger partial charge in [-0.3, -0.25) is 9.69 Å². The molecule has 11 heteroatoms. The van der Waals surface area contributed by atoms with Crippen LogP contribution in [0.3, 0.4) is 0 Å². The minimum absolute atomic E-state index is 0.0229. The van der Waals surface area contributed by atoms with Crippen LogP contribution >= 0.6 is 0 Å². The standard InChI is InChI=1S/C27H33F3N4O4/c1-17-21(15-18-4-3-5-19(14-18)27(28,29)30)31-26(36-2)32-24(17)25(35)33-9-6-20(7-10-33)34-11-13-38-23-16-37-12-8-22(23)34/h3-5,14,20,22-23H,6-13,15-16H2,1-2H3/t22-,23+/m0/s1. The number of nitrogens with zero attached hydrogens (tertiary/aromatic N) is 4. The predicted octanol–water partition coefficient (Wildman–Crippen LogP) is 3.50. The van der Waals surface area contributed by atoms with E-state index >= 15 is 0 Å². The quantitative estimate of drug-likeness (QED) is 0.581. The summed E-state index contributed by atoms with van der Waals surface area (Å²) in [6.07, 6.45) is -1.53. The van der Waals surface area contributed by atoms with Crippen LogP contribution in [-0.2, 0) is 22.1 Å². The molecule has 1 aromatic carbocycles. The zero-order valence-electron chi connectivity index (χ0n) is 21.7. The lowest BCUT2D eigenvalue weighted by atomic mass is 9.95. The van der Waals surface area contributed by atoms with Crippen molar-refractivity contribution in [2.45, 2.75) is 57.0 Å². The van der Waals surface area contributed by atoms with Crippen LogP contribution in [0.4, 0.5) is 13.2 Å². The zero-order chi connectivity index (χ0) is 26.9. The average molecular weight is 535 g/mol. The number of aromatic nitrogens is 2. The number of likely N-dealkylation sites (tertiary alicyclic amines) is 1. The fraction of sp³-hybridized carbons (Fsp3) is 0.593. The Kier molecular flexibility index (Phi) is 7.88. The summed E-state index contributed by atoms with van der Waals surface area (Å²) in [7, 11) is 1.41. The molecule has 8 nitrogen and oxygen atoms in total. The highest BCUT2D eigenvalue weighted by molar-refractivity contribution is 5.94. The summed E-state index contributed by atoms with van der Waals surface area (Å²) < 4.78 is 56.4. The summed E-state index contributed by atoms with van der Waals surface area (Å²) in [6, 6.07) is 5.89. The number of hydrogen-bond donors (Lipinski definition) is 0. The molecule has 0 unspecified atom stereocenters. The maximum atomic E-state index is 13.6. The molecular weight excluding hydrogens is 501 g/mol. The van der Waals surface area contributed by atoms with E-state index in [9.17, 15) is 18.0 Å². The van der Waals surface area contributed by atoms with Gasteiger partial charge in [0.05, 0.1) is 37.7 Å². The van der Waals surface area contributed by atoms with E-state index in [1.165, 1.54) is 13.2 Å². The summed E-state index contributed by atoms with van der Waals surface area (Å²) >= 11 is 0. The number of carbonyl (C=O) groups excluding carboxylic acids is 1. The minimum Gasteiger partial charge on any atom is -0.467 e. The van der Waals surface area contributed by atoms with E-state index in [2.05, 4.69) is 14.9 Å². The molecule has 0 radical (unpaired) electrons. The largest absolute Gasteiger partial charge is 0.467 e. The van der Waals surface area contributed by atoms with Gasteiger partial charge in [-0.2, -0.15) is 23.1 Å². The second-order valence-corrected chi connectivity index (χ2v) is 10.1. The molecule has 1 amide bonds. The number of ether oxygens (including phenoxy) is 3. The molecule has 5 rings (SSSR count). The second kappa shape index (κ2) is 11.2. The molecule has 3 fully saturated rings. The number of piperidine rings is 1. The number of rotatable bonds is 5. The van der Waals surface area contributed by atoms with Crippen molar-refractivity contribution in [2.75, 3.05) is 46.6 Å². The normalized spacial score (nSPS) is 23.2. The number of benzene rings is 1. The average Bonchev–Trinajstić information content (AvgIpc) is 2.93. The van der Waals surface area contributed by atoms with E-state index in [4.69, 9.17) is 14.2 Å². The van der Waals surface area contributed by atoms with Crippen molar-refractivity contribution < 1.29 is 32.2 Å². The number of hydrogen-bond acceptors (Lipinski definition) is 7. The number of alkyl halides is 3. The fourth-order valence-corrected chi connectivity index (χ4v) is 5.78. The Labute approximate surface area is 220 Å². The van der Waals surface area contributed by atoms with Gasteiger partial charge in [0.15, 0.2) is 0 Å². The Morgan fingerprint density at radius 1 is 1.13 bits per heavy atom. The van der Waals surface area contributed by atoms with Gasteiger partial charge in [-0.25, -0.2) is 0 Å². The molecule has 2 atom stereocenters. The van der Waals surface area contributed by atoms with E-state index in [-0.39, 0.29) is 30.1 Å². The third-order valence-electron chi connectivity index (χ3n) is 7.83. The molecule has 3 aliphatic heterocycles. The molecule has 3 aliphatic rings. The fourth-order valence-electron chi connectivity index (χ4n) is 5.78. The van der Waals surface area contributed by atoms with E-state index in [0.29, 0.717) is 55.2 Å². The number of methoxy groups -OCH3 is 1. The molecule has 0 aliphatic carbocycles. The Morgan fingerprint density at radius 3 is 2.66 bits per heavy atom. The zero-order valence-corrected chi connectivity index (χ0v) is 21.7. The van der Waals surface area contributed by atoms with E-state index in [1.54, 1.807) is 17.9 Å². The number of fused-ring (bicyclic) bond motifs is 1. The number of morpholine rings is 1. The molecule has 206 valence electrons. The van der Waals surface area contributed by atoms with Gasteiger partial charge in [0.25, 0.3) is 5.91 Å². The van der Waals surface area contributed by atoms with E-state index < -0.39 is 11.7 Å². The molecular formula is C27H33F3N4O4. The molecule has 4 heterocycles. The third-order valence-corrected chi connectivity index (χ3v) is 7.83. The highest BCUT2D eigenvalue weighted by Crippen LogP contribution is 2.31. The van der Waals surface area contributed by atoms with Crippen molar-refractivity contribution in [3.05, 3.63) is 52.3 Å². The van der Waals surface area contributed by atoms with Gasteiger partial charge in [0.1, 0.15) is 5.69 Å². The van der Waals surface area contributed by atoms with Gasteiger partial charge in [-0.05, 0) is 37.8 Å². The van der Waals surface area contributed by atoms with Crippen molar-refractivity contribution in [1.82, 2.24) is 19.8 Å². The molecule has 0 N–H and O–H groups in total. The van der Waals surface area contributed by atoms with Crippen LogP contribution in [0.15, 0.2) is 24.3 Å². The lowest BCUT2D eigenvalue weighted by Crippen LogP contribution is -2.60. The predicted molar refractivity (Wildman–Crippen MR) is 132 cm³/mol. The van der Waals surface area contributed by atoms with Crippen LogP contribution in [0.2, 0.25) is 0 Å². The van der Waals surface area contributed by atoms with Gasteiger partial charge in [0.2, 0.25) is 0 Å². The summed E-state index contributed by atoms with van der Waals surface area (Å²) in [6.45, 7) is 5.90. The topological polar surface area (TPSA) is 77.0 Å². The van der Waals surface area contributed by atoms with Crippen molar-refractivity contribution in [3.8, 4) is 6.01 Å². The number of carbonyl (C=O) groups is 1. The highest BCUT2D eigenvalue weighted by atomic mass is 19.4. The first-order valence-electron chi connectivity index (χ1n) is 13.1. The van der Waals surface area contributed by atoms with Crippen molar-refractivity contribution in [3.63, 3.8) is 0 Å². The SMILES string of the molecule is COc1nc(Cc2cccc(C(F)(F)F)c2)c(C)c(C(=O)N2CCC(N3CCO[C@@H]4COCC[C@@H]43)CC2)n1. The lowest BCUT2D eigenvalue weighted by molar-refractivity contribution is -0.148. The van der Waals surface area contributed by atoms with Crippen LogP contribution in [0, 0.1) is 6.92 Å². The van der Waals surface area contributed by atoms with Gasteiger partial charge in [-0.1, -0.05) is 18.2 Å². The Morgan fingerprint density at radius 2 is 1.92 bits per heavy atom. The molecule has 1 aromatic heterocycles. The Bertz CT molecular complexity index is 1150. The van der Waals surface area contributed by atoms with Gasteiger partial charge in [0, 0.05) is 50.3 Å². The smallest absolute Gasteiger partial charge is 0.416 e. The number of amides is 1. The second-order valence-electron chi connectivity index (χ2n) is 10.1. The van der Waals surface area contributed by atoms with Crippen LogP contribution in [-0.4, -0.2) is 90.4 Å². The highest BCUT2D eigenvalue weighted by Gasteiger charge is 2.40. The first-order valence-corrected chi connectivity index (χ1v) is 13.1. The van der Waals surface area contributed by atoms with Crippen LogP contribution in [0.1, 0.15) is 52.1 Å². The maximum Gasteiger partial charge on any atom is 0.416 e. The van der Waals surface area contributed by atoms with Crippen LogP contribution in [0.25, 0.3) is 0 Å². The summed E-state index contributed by atoms with van der Waals surface area (Å²) in [5.41, 5.74) is 0.968. The summed E-state index contributed by atoms with van der Waals surface area (Å²) in [5, 5.41) is 0. The van der Waals surface area contributed by atoms with Crippen LogP contribution in [0.5, 0.6) is 6.01 Å². The Hall–Kier alpha value is -2.76. The van der Waals surface area contributed by atoms with Crippen molar-refractivity contribution in [1.29, 1.82) is 0 Å². The first-order chi connectivity index (χ1) is 18.2. The van der Waals surface area contributed by atoms with Gasteiger partial charge >= 0.3 is 12.2 Å². The van der Waals surface area contributed by atoms with Gasteiger partial charge in [-0.15, -0.1) is 0 Å². The summed E-state index contributed by atoms with van der Waals surface area (Å²) in [4.78, 5) is 26.6. The first kappa shape index (κ1) is 26.8. The molecule has 0 spiro atoms. The van der Waals surface area contributed by atoms with Crippen molar-refractivity contribution >= 4 is 5.91 Å².